The number of hydrogen-bond donors (Lipinski definition) is 1. The van der Waals surface area contributed by atoms with E-state index in [0.717, 1.165) is 12.8 Å². The van der Waals surface area contributed by atoms with Crippen molar-refractivity contribution in [2.75, 3.05) is 13.1 Å². The second-order valence-corrected chi connectivity index (χ2v) is 5.30. The number of hydrogen-bond acceptors (Lipinski definition) is 3. The molecule has 1 fully saturated rings. The van der Waals surface area contributed by atoms with E-state index in [4.69, 9.17) is 10.5 Å². The highest BCUT2D eigenvalue weighted by Gasteiger charge is 2.34. The lowest BCUT2D eigenvalue weighted by Gasteiger charge is -2.42. The second kappa shape index (κ2) is 6.57. The molecule has 1 aliphatic heterocycles. The molecule has 0 aromatic carbocycles. The van der Waals surface area contributed by atoms with Crippen LogP contribution in [0.25, 0.3) is 0 Å². The van der Waals surface area contributed by atoms with E-state index in [-0.39, 0.29) is 36.1 Å². The van der Waals surface area contributed by atoms with Crippen LogP contribution in [0.1, 0.15) is 40.5 Å². The number of morpholine rings is 1. The topological polar surface area (TPSA) is 55.6 Å². The summed E-state index contributed by atoms with van der Waals surface area (Å²) < 4.78 is 5.76. The third-order valence-electron chi connectivity index (χ3n) is 2.80. The molecule has 0 radical (unpaired) electrons. The monoisotopic (exact) mass is 264 g/mol. The van der Waals surface area contributed by atoms with Crippen molar-refractivity contribution in [2.24, 2.45) is 5.73 Å². The maximum absolute atomic E-state index is 12.1. The smallest absolute Gasteiger partial charge is 0.239 e. The van der Waals surface area contributed by atoms with Crippen LogP contribution in [0.15, 0.2) is 0 Å². The average molecular weight is 265 g/mol. The van der Waals surface area contributed by atoms with Crippen molar-refractivity contribution in [3.8, 4) is 0 Å². The lowest BCUT2D eigenvalue weighted by atomic mass is 10.0. The van der Waals surface area contributed by atoms with Gasteiger partial charge >= 0.3 is 0 Å². The summed E-state index contributed by atoms with van der Waals surface area (Å²) in [5.41, 5.74) is 5.60. The van der Waals surface area contributed by atoms with Gasteiger partial charge in [-0.15, -0.1) is 12.4 Å². The van der Waals surface area contributed by atoms with Crippen LogP contribution in [0.4, 0.5) is 0 Å². The molecule has 4 nitrogen and oxygen atoms in total. The summed E-state index contributed by atoms with van der Waals surface area (Å²) in [5, 5.41) is 0. The predicted octanol–water partition coefficient (Wildman–Crippen LogP) is 1.56. The molecule has 0 aromatic rings. The summed E-state index contributed by atoms with van der Waals surface area (Å²) in [6, 6.07) is -0.355. The van der Waals surface area contributed by atoms with Gasteiger partial charge in [0, 0.05) is 13.1 Å². The van der Waals surface area contributed by atoms with Crippen LogP contribution in [-0.4, -0.2) is 41.6 Å². The molecule has 2 unspecified atom stereocenters. The molecule has 0 aromatic heterocycles. The van der Waals surface area contributed by atoms with E-state index < -0.39 is 0 Å². The number of nitrogens with two attached hydrogens (primary N) is 1. The standard InChI is InChI=1S/C12H24N2O2.ClH/c1-5-6-10(13)11(15)14-7-9(2)16-12(3,4)8-14;/h9-10H,5-8,13H2,1-4H3;1H. The Morgan fingerprint density at radius 1 is 1.59 bits per heavy atom. The third kappa shape index (κ3) is 4.82. The SMILES string of the molecule is CCCC(N)C(=O)N1CC(C)OC(C)(C)C1.Cl. The van der Waals surface area contributed by atoms with Crippen molar-refractivity contribution < 1.29 is 9.53 Å². The molecule has 0 bridgehead atoms. The molecule has 0 spiro atoms. The van der Waals surface area contributed by atoms with Gasteiger partial charge in [-0.05, 0) is 27.2 Å². The van der Waals surface area contributed by atoms with Crippen molar-refractivity contribution in [2.45, 2.75) is 58.3 Å². The van der Waals surface area contributed by atoms with Crippen LogP contribution in [0.2, 0.25) is 0 Å². The predicted molar refractivity (Wildman–Crippen MR) is 71.3 cm³/mol. The minimum Gasteiger partial charge on any atom is -0.369 e. The van der Waals surface area contributed by atoms with Crippen molar-refractivity contribution in [1.29, 1.82) is 0 Å². The first-order valence-electron chi connectivity index (χ1n) is 6.08. The molecule has 17 heavy (non-hydrogen) atoms. The minimum absolute atomic E-state index is 0. The Hall–Kier alpha value is -0.320. The molecular weight excluding hydrogens is 240 g/mol. The third-order valence-corrected chi connectivity index (χ3v) is 2.80. The van der Waals surface area contributed by atoms with Crippen molar-refractivity contribution in [1.82, 2.24) is 4.90 Å². The Kier molecular flexibility index (Phi) is 6.45. The zero-order chi connectivity index (χ0) is 12.3. The molecule has 1 amide bonds. The summed E-state index contributed by atoms with van der Waals surface area (Å²) in [6.45, 7) is 9.33. The van der Waals surface area contributed by atoms with Gasteiger partial charge in [-0.25, -0.2) is 0 Å². The highest BCUT2D eigenvalue weighted by molar-refractivity contribution is 5.85. The zero-order valence-corrected chi connectivity index (χ0v) is 12.0. The average Bonchev–Trinajstić information content (AvgIpc) is 2.13. The number of ether oxygens (including phenoxy) is 1. The Labute approximate surface area is 110 Å². The van der Waals surface area contributed by atoms with Gasteiger partial charge in [0.25, 0.3) is 0 Å². The fraction of sp³-hybridized carbons (Fsp3) is 0.917. The van der Waals surface area contributed by atoms with Crippen molar-refractivity contribution >= 4 is 18.3 Å². The van der Waals surface area contributed by atoms with Crippen LogP contribution in [0, 0.1) is 0 Å². The fourth-order valence-electron chi connectivity index (χ4n) is 2.29. The number of carbonyl (C=O) groups is 1. The fourth-order valence-corrected chi connectivity index (χ4v) is 2.29. The van der Waals surface area contributed by atoms with E-state index in [1.807, 2.05) is 32.6 Å². The van der Waals surface area contributed by atoms with E-state index in [2.05, 4.69) is 0 Å². The molecule has 0 aliphatic carbocycles. The molecule has 1 aliphatic rings. The van der Waals surface area contributed by atoms with E-state index in [1.54, 1.807) is 0 Å². The first-order chi connectivity index (χ1) is 7.35. The number of carbonyl (C=O) groups excluding carboxylic acids is 1. The lowest BCUT2D eigenvalue weighted by Crippen LogP contribution is -2.57. The lowest BCUT2D eigenvalue weighted by molar-refractivity contribution is -0.159. The zero-order valence-electron chi connectivity index (χ0n) is 11.2. The van der Waals surface area contributed by atoms with E-state index in [9.17, 15) is 4.79 Å². The molecule has 0 saturated carbocycles. The first-order valence-corrected chi connectivity index (χ1v) is 6.08. The van der Waals surface area contributed by atoms with Gasteiger partial charge in [0.2, 0.25) is 5.91 Å². The Morgan fingerprint density at radius 3 is 2.65 bits per heavy atom. The van der Waals surface area contributed by atoms with Gasteiger partial charge in [0.05, 0.1) is 17.7 Å². The molecule has 102 valence electrons. The molecule has 2 atom stereocenters. The summed E-state index contributed by atoms with van der Waals surface area (Å²) in [5.74, 6) is 0.0603. The molecule has 5 heteroatoms. The largest absolute Gasteiger partial charge is 0.369 e. The van der Waals surface area contributed by atoms with Gasteiger partial charge in [-0.1, -0.05) is 13.3 Å². The summed E-state index contributed by atoms with van der Waals surface area (Å²) in [6.07, 6.45) is 1.78. The van der Waals surface area contributed by atoms with Gasteiger partial charge in [0.1, 0.15) is 0 Å². The molecule has 1 heterocycles. The maximum atomic E-state index is 12.1. The maximum Gasteiger partial charge on any atom is 0.239 e. The van der Waals surface area contributed by atoms with Crippen LogP contribution in [-0.2, 0) is 9.53 Å². The van der Waals surface area contributed by atoms with E-state index >= 15 is 0 Å². The van der Waals surface area contributed by atoms with Crippen molar-refractivity contribution in [3.05, 3.63) is 0 Å². The number of rotatable bonds is 3. The Balaban J connectivity index is 0.00000256. The van der Waals surface area contributed by atoms with Crippen molar-refractivity contribution in [3.63, 3.8) is 0 Å². The molecular formula is C12H25ClN2O2. The molecule has 2 N–H and O–H groups in total. The summed E-state index contributed by atoms with van der Waals surface area (Å²) >= 11 is 0. The quantitative estimate of drug-likeness (QED) is 0.842. The van der Waals surface area contributed by atoms with E-state index in [0.29, 0.717) is 13.1 Å². The summed E-state index contributed by atoms with van der Waals surface area (Å²) in [4.78, 5) is 13.9. The normalized spacial score (nSPS) is 25.0. The second-order valence-electron chi connectivity index (χ2n) is 5.30. The van der Waals surface area contributed by atoms with Gasteiger partial charge in [-0.2, -0.15) is 0 Å². The Bertz CT molecular complexity index is 259. The van der Waals surface area contributed by atoms with Crippen LogP contribution in [0.3, 0.4) is 0 Å². The Morgan fingerprint density at radius 2 is 2.18 bits per heavy atom. The van der Waals surface area contributed by atoms with Crippen LogP contribution < -0.4 is 5.73 Å². The number of amides is 1. The molecule has 1 saturated heterocycles. The first kappa shape index (κ1) is 16.7. The number of halogens is 1. The molecule has 1 rings (SSSR count). The highest BCUT2D eigenvalue weighted by Crippen LogP contribution is 2.21. The minimum atomic E-state index is -0.355. The van der Waals surface area contributed by atoms with E-state index in [1.165, 1.54) is 0 Å². The van der Waals surface area contributed by atoms with Gasteiger partial charge in [-0.3, -0.25) is 4.79 Å². The number of nitrogens with zero attached hydrogens (tertiary/aromatic N) is 1. The van der Waals surface area contributed by atoms with Crippen LogP contribution >= 0.6 is 12.4 Å². The summed E-state index contributed by atoms with van der Waals surface area (Å²) in [7, 11) is 0. The van der Waals surface area contributed by atoms with Gasteiger partial charge < -0.3 is 15.4 Å². The highest BCUT2D eigenvalue weighted by atomic mass is 35.5. The van der Waals surface area contributed by atoms with Gasteiger partial charge in [0.15, 0.2) is 0 Å². The van der Waals surface area contributed by atoms with Crippen LogP contribution in [0.5, 0.6) is 0 Å².